The Morgan fingerprint density at radius 3 is 2.22 bits per heavy atom. The van der Waals surface area contributed by atoms with Crippen LogP contribution in [0.1, 0.15) is 26.3 Å². The Morgan fingerprint density at radius 2 is 1.72 bits per heavy atom. The molecule has 0 aliphatic carbocycles. The van der Waals surface area contributed by atoms with Gasteiger partial charge in [0, 0.05) is 18.2 Å². The minimum Gasteiger partial charge on any atom is -0.386 e. The molecule has 0 aliphatic rings. The lowest BCUT2D eigenvalue weighted by atomic mass is 9.93. The van der Waals surface area contributed by atoms with Gasteiger partial charge in [0.2, 0.25) is 5.91 Å². The summed E-state index contributed by atoms with van der Waals surface area (Å²) in [5.74, 6) is -0.143. The van der Waals surface area contributed by atoms with E-state index in [0.717, 1.165) is 16.3 Å². The molecule has 0 bridgehead atoms. The van der Waals surface area contributed by atoms with Gasteiger partial charge in [0.25, 0.3) is 0 Å². The fourth-order valence-electron chi connectivity index (χ4n) is 2.04. The summed E-state index contributed by atoms with van der Waals surface area (Å²) in [5, 5.41) is 15.0. The second-order valence-corrected chi connectivity index (χ2v) is 4.99. The van der Waals surface area contributed by atoms with Crippen LogP contribution in [0.15, 0.2) is 36.4 Å². The van der Waals surface area contributed by atoms with E-state index in [-0.39, 0.29) is 5.91 Å². The maximum Gasteiger partial charge on any atom is 0.221 e. The molecule has 0 spiro atoms. The van der Waals surface area contributed by atoms with Gasteiger partial charge in [0.05, 0.1) is 5.60 Å². The zero-order chi connectivity index (χ0) is 13.3. The Morgan fingerprint density at radius 1 is 1.17 bits per heavy atom. The van der Waals surface area contributed by atoms with Crippen LogP contribution in [-0.4, -0.2) is 11.0 Å². The summed E-state index contributed by atoms with van der Waals surface area (Å²) in [7, 11) is 0. The van der Waals surface area contributed by atoms with Gasteiger partial charge in [-0.2, -0.15) is 0 Å². The maximum absolute atomic E-state index is 11.2. The van der Waals surface area contributed by atoms with Crippen molar-refractivity contribution < 1.29 is 9.90 Å². The summed E-state index contributed by atoms with van der Waals surface area (Å²) in [6, 6.07) is 11.7. The van der Waals surface area contributed by atoms with E-state index >= 15 is 0 Å². The predicted molar refractivity (Wildman–Crippen MR) is 73.5 cm³/mol. The van der Waals surface area contributed by atoms with Crippen LogP contribution in [-0.2, 0) is 10.4 Å². The fourth-order valence-corrected chi connectivity index (χ4v) is 2.04. The van der Waals surface area contributed by atoms with Crippen LogP contribution in [0.5, 0.6) is 0 Å². The van der Waals surface area contributed by atoms with Crippen molar-refractivity contribution >= 4 is 22.4 Å². The van der Waals surface area contributed by atoms with Gasteiger partial charge in [-0.3, -0.25) is 4.79 Å². The molecular formula is C15H17NO2. The van der Waals surface area contributed by atoms with Gasteiger partial charge in [0.15, 0.2) is 0 Å². The Balaban J connectivity index is 2.67. The lowest BCUT2D eigenvalue weighted by Crippen LogP contribution is -2.19. The van der Waals surface area contributed by atoms with Crippen molar-refractivity contribution in [3.8, 4) is 0 Å². The third-order valence-electron chi connectivity index (χ3n) is 2.86. The summed E-state index contributed by atoms with van der Waals surface area (Å²) >= 11 is 0. The summed E-state index contributed by atoms with van der Waals surface area (Å²) in [6.07, 6.45) is 0. The summed E-state index contributed by atoms with van der Waals surface area (Å²) in [6.45, 7) is 4.88. The number of hydrogen-bond acceptors (Lipinski definition) is 2. The molecular weight excluding hydrogens is 226 g/mol. The molecule has 94 valence electrons. The number of nitrogens with one attached hydrogen (secondary N) is 1. The lowest BCUT2D eigenvalue weighted by molar-refractivity contribution is -0.114. The zero-order valence-electron chi connectivity index (χ0n) is 10.8. The largest absolute Gasteiger partial charge is 0.386 e. The van der Waals surface area contributed by atoms with Crippen LogP contribution in [0, 0.1) is 0 Å². The van der Waals surface area contributed by atoms with Gasteiger partial charge in [0.1, 0.15) is 0 Å². The maximum atomic E-state index is 11.2. The molecule has 0 aliphatic heterocycles. The summed E-state index contributed by atoms with van der Waals surface area (Å²) in [4.78, 5) is 11.2. The molecule has 0 unspecified atom stereocenters. The minimum absolute atomic E-state index is 0.143. The highest BCUT2D eigenvalue weighted by Gasteiger charge is 2.21. The first kappa shape index (κ1) is 12.6. The highest BCUT2D eigenvalue weighted by atomic mass is 16.3. The SMILES string of the molecule is CC(=O)Nc1cc2ccccc2cc1C(C)(C)O. The molecule has 2 N–H and O–H groups in total. The Hall–Kier alpha value is -1.87. The molecule has 2 rings (SSSR count). The number of amides is 1. The van der Waals surface area contributed by atoms with Gasteiger partial charge >= 0.3 is 0 Å². The second kappa shape index (κ2) is 4.42. The van der Waals surface area contributed by atoms with Crippen LogP contribution in [0.25, 0.3) is 10.8 Å². The van der Waals surface area contributed by atoms with Crippen LogP contribution in [0.3, 0.4) is 0 Å². The standard InChI is InChI=1S/C15H17NO2/c1-10(17)16-14-9-12-7-5-4-6-11(12)8-13(14)15(2,3)18/h4-9,18H,1-3H3,(H,16,17). The van der Waals surface area contributed by atoms with E-state index in [9.17, 15) is 9.90 Å². The molecule has 0 atom stereocenters. The van der Waals surface area contributed by atoms with Crippen molar-refractivity contribution in [1.29, 1.82) is 0 Å². The highest BCUT2D eigenvalue weighted by molar-refractivity contribution is 5.95. The van der Waals surface area contributed by atoms with Crippen LogP contribution in [0.2, 0.25) is 0 Å². The highest BCUT2D eigenvalue weighted by Crippen LogP contribution is 2.32. The molecule has 2 aromatic rings. The van der Waals surface area contributed by atoms with E-state index in [1.54, 1.807) is 13.8 Å². The van der Waals surface area contributed by atoms with Crippen LogP contribution >= 0.6 is 0 Å². The van der Waals surface area contributed by atoms with Crippen molar-refractivity contribution in [1.82, 2.24) is 0 Å². The normalized spacial score (nSPS) is 11.6. The number of aliphatic hydroxyl groups is 1. The first-order valence-corrected chi connectivity index (χ1v) is 5.91. The molecule has 0 heterocycles. The monoisotopic (exact) mass is 243 g/mol. The molecule has 3 heteroatoms. The number of hydrogen-bond donors (Lipinski definition) is 2. The van der Waals surface area contributed by atoms with Crippen LogP contribution in [0.4, 0.5) is 5.69 Å². The Bertz CT molecular complexity index is 597. The van der Waals surface area contributed by atoms with Gasteiger partial charge in [-0.1, -0.05) is 24.3 Å². The molecule has 0 radical (unpaired) electrons. The molecule has 0 saturated heterocycles. The molecule has 0 fully saturated rings. The average Bonchev–Trinajstić information content (AvgIpc) is 2.26. The quantitative estimate of drug-likeness (QED) is 0.851. The van der Waals surface area contributed by atoms with E-state index in [2.05, 4.69) is 5.32 Å². The van der Waals surface area contributed by atoms with Gasteiger partial charge in [-0.15, -0.1) is 0 Å². The Kier molecular flexibility index (Phi) is 3.09. The number of carbonyl (C=O) groups excluding carboxylic acids is 1. The van der Waals surface area contributed by atoms with Crippen molar-refractivity contribution in [3.63, 3.8) is 0 Å². The molecule has 0 aromatic heterocycles. The number of rotatable bonds is 2. The van der Waals surface area contributed by atoms with Crippen molar-refractivity contribution in [2.75, 3.05) is 5.32 Å². The summed E-state index contributed by atoms with van der Waals surface area (Å²) < 4.78 is 0. The third-order valence-corrected chi connectivity index (χ3v) is 2.86. The van der Waals surface area contributed by atoms with E-state index in [1.165, 1.54) is 6.92 Å². The Labute approximate surface area is 106 Å². The smallest absolute Gasteiger partial charge is 0.221 e. The topological polar surface area (TPSA) is 49.3 Å². The predicted octanol–water partition coefficient (Wildman–Crippen LogP) is 3.03. The van der Waals surface area contributed by atoms with Crippen molar-refractivity contribution in [3.05, 3.63) is 42.0 Å². The molecule has 3 nitrogen and oxygen atoms in total. The number of fused-ring (bicyclic) bond motifs is 1. The van der Waals surface area contributed by atoms with E-state index in [1.807, 2.05) is 36.4 Å². The second-order valence-electron chi connectivity index (χ2n) is 4.99. The van der Waals surface area contributed by atoms with E-state index < -0.39 is 5.60 Å². The first-order valence-electron chi connectivity index (χ1n) is 5.91. The number of anilines is 1. The number of carbonyl (C=O) groups is 1. The van der Waals surface area contributed by atoms with Gasteiger partial charge < -0.3 is 10.4 Å². The molecule has 2 aromatic carbocycles. The summed E-state index contributed by atoms with van der Waals surface area (Å²) in [5.41, 5.74) is 0.382. The van der Waals surface area contributed by atoms with Gasteiger partial charge in [-0.25, -0.2) is 0 Å². The van der Waals surface area contributed by atoms with Crippen molar-refractivity contribution in [2.45, 2.75) is 26.4 Å². The molecule has 0 saturated carbocycles. The van der Waals surface area contributed by atoms with Crippen LogP contribution < -0.4 is 5.32 Å². The van der Waals surface area contributed by atoms with Gasteiger partial charge in [-0.05, 0) is 36.8 Å². The molecule has 1 amide bonds. The lowest BCUT2D eigenvalue weighted by Gasteiger charge is -2.22. The fraction of sp³-hybridized carbons (Fsp3) is 0.267. The first-order chi connectivity index (χ1) is 8.38. The molecule has 18 heavy (non-hydrogen) atoms. The zero-order valence-corrected chi connectivity index (χ0v) is 10.8. The van der Waals surface area contributed by atoms with E-state index in [0.29, 0.717) is 5.69 Å². The number of benzene rings is 2. The average molecular weight is 243 g/mol. The van der Waals surface area contributed by atoms with Crippen molar-refractivity contribution in [2.24, 2.45) is 0 Å². The minimum atomic E-state index is -0.998. The third kappa shape index (κ3) is 2.51. The van der Waals surface area contributed by atoms with E-state index in [4.69, 9.17) is 0 Å².